The molecular formula is C51H73N17O16S3. The number of hydrogen-bond acceptors (Lipinski definition) is 19. The smallest absolute Gasteiger partial charge is 0.327 e. The topological polar surface area (TPSA) is 543 Å². The van der Waals surface area contributed by atoms with Crippen LogP contribution in [0.4, 0.5) is 0 Å². The van der Waals surface area contributed by atoms with Crippen LogP contribution in [0.25, 0.3) is 10.9 Å². The Bertz CT molecular complexity index is 2980. The monoisotopic (exact) mass is 1280 g/mol. The molecule has 0 bridgehead atoms. The summed E-state index contributed by atoms with van der Waals surface area (Å²) in [5.74, 6) is -15.5. The second kappa shape index (κ2) is 35.1. The number of nitrogens with zero attached hydrogens (tertiary/aromatic N) is 3. The fourth-order valence-electron chi connectivity index (χ4n) is 8.95. The number of H-pyrrole nitrogens is 2. The first-order valence-corrected chi connectivity index (χ1v) is 29.6. The number of carboxylic acid groups (broad SMARTS) is 3. The van der Waals surface area contributed by atoms with Crippen LogP contribution in [0.15, 0.2) is 48.0 Å². The molecule has 0 aliphatic carbocycles. The van der Waals surface area contributed by atoms with Crippen LogP contribution in [0.5, 0.6) is 0 Å². The van der Waals surface area contributed by atoms with E-state index in [4.69, 9.17) is 22.9 Å². The summed E-state index contributed by atoms with van der Waals surface area (Å²) >= 11 is 9.25. The number of guanidine groups is 1. The van der Waals surface area contributed by atoms with Crippen LogP contribution in [-0.2, 0) is 75.2 Å². The minimum absolute atomic E-state index is 0.0218. The van der Waals surface area contributed by atoms with Gasteiger partial charge in [-0.2, -0.15) is 37.0 Å². The molecule has 21 N–H and O–H groups in total. The summed E-state index contributed by atoms with van der Waals surface area (Å²) in [4.78, 5) is 189. The Morgan fingerprint density at radius 2 is 1.22 bits per heavy atom. The second-order valence-electron chi connectivity index (χ2n) is 19.9. The minimum atomic E-state index is -1.89. The number of benzene rings is 1. The van der Waals surface area contributed by atoms with Crippen molar-refractivity contribution in [1.29, 1.82) is 0 Å². The van der Waals surface area contributed by atoms with Crippen LogP contribution in [0.1, 0.15) is 62.6 Å². The van der Waals surface area contributed by atoms with E-state index in [1.165, 1.54) is 24.3 Å². The number of carbonyl (C=O) groups is 13. The number of primary amides is 1. The first-order chi connectivity index (χ1) is 41.3. The lowest BCUT2D eigenvalue weighted by Gasteiger charge is -2.31. The summed E-state index contributed by atoms with van der Waals surface area (Å²) in [6.07, 6.45) is 2.20. The van der Waals surface area contributed by atoms with Crippen molar-refractivity contribution >= 4 is 131 Å². The zero-order chi connectivity index (χ0) is 64.5. The lowest BCUT2D eigenvalue weighted by molar-refractivity contribution is -0.144. The molecule has 1 fully saturated rings. The number of aliphatic carboxylic acids is 3. The minimum Gasteiger partial charge on any atom is -0.481 e. The van der Waals surface area contributed by atoms with Gasteiger partial charge in [-0.25, -0.2) is 9.78 Å². The van der Waals surface area contributed by atoms with E-state index in [2.05, 4.69) is 87.7 Å². The molecule has 10 amide bonds. The predicted molar refractivity (Wildman–Crippen MR) is 319 cm³/mol. The predicted octanol–water partition coefficient (Wildman–Crippen LogP) is -5.55. The molecule has 33 nitrogen and oxygen atoms in total. The lowest BCUT2D eigenvalue weighted by atomic mass is 10.0. The van der Waals surface area contributed by atoms with Crippen molar-refractivity contribution in [2.24, 2.45) is 27.9 Å². The third-order valence-corrected chi connectivity index (χ3v) is 14.8. The molecule has 0 unspecified atom stereocenters. The van der Waals surface area contributed by atoms with Gasteiger partial charge in [0, 0.05) is 66.4 Å². The van der Waals surface area contributed by atoms with Crippen LogP contribution in [0, 0.1) is 0 Å². The number of carbonyl (C=O) groups excluding carboxylic acids is 10. The van der Waals surface area contributed by atoms with Gasteiger partial charge in [0.1, 0.15) is 54.4 Å². The SMILES string of the molecule is CSCC[C@H](NC(=O)[C@@H](N)CS)C(=O)N[C@@H](CC(=O)O)C(=O)N[C@@H](Cc1c[nH]c2ccccc12)C(=O)N1CCC[C@H]1C(=O)N[C@@H](CC(N)=O)C(=O)N[C@@H](Cc1cnc[nH]1)C(=O)N[C@@H](CCCN=C(N)N)C(=O)N[C@@H](CC(=O)O)C(=O)N[C@@H](CS)C(=O)O. The Kier molecular flexibility index (Phi) is 28.6. The highest BCUT2D eigenvalue weighted by molar-refractivity contribution is 7.98. The van der Waals surface area contributed by atoms with Crippen molar-refractivity contribution in [2.75, 3.05) is 36.6 Å². The lowest BCUT2D eigenvalue weighted by Crippen LogP contribution is -2.61. The van der Waals surface area contributed by atoms with Crippen LogP contribution >= 0.6 is 37.0 Å². The van der Waals surface area contributed by atoms with E-state index in [0.29, 0.717) is 22.2 Å². The van der Waals surface area contributed by atoms with Gasteiger partial charge in [0.2, 0.25) is 59.1 Å². The number of imidazole rings is 1. The van der Waals surface area contributed by atoms with E-state index in [-0.39, 0.29) is 69.0 Å². The molecule has 36 heteroatoms. The fourth-order valence-corrected chi connectivity index (χ4v) is 9.84. The van der Waals surface area contributed by atoms with Gasteiger partial charge >= 0.3 is 17.9 Å². The average molecular weight is 1280 g/mol. The number of carboxylic acids is 3. The van der Waals surface area contributed by atoms with Crippen LogP contribution < -0.4 is 65.5 Å². The Balaban J connectivity index is 1.64. The number of para-hydroxylation sites is 1. The largest absolute Gasteiger partial charge is 0.481 e. The molecule has 476 valence electrons. The molecule has 0 radical (unpaired) electrons. The van der Waals surface area contributed by atoms with Crippen LogP contribution in [-0.4, -0.2) is 215 Å². The van der Waals surface area contributed by atoms with Crippen LogP contribution in [0.2, 0.25) is 0 Å². The standard InChI is InChI=1S/C51H73N17O16S3/c1-87-13-10-30(60-41(74)27(52)21-85)43(76)64-33(17-39(70)71)46(79)66-35(14-24-19-58-28-7-3-2-6-26(24)28)49(82)68-12-5-9-37(68)48(81)65-32(16-38(53)69)45(78)62-31(15-25-20-56-23-59-25)44(77)61-29(8-4-11-57-51(54)55)42(75)63-34(18-40(72)73)47(80)67-36(22-86)50(83)84/h2-3,6-7,19-20,23,27,29-37,58,85-86H,4-5,8-18,21-22,52H2,1H3,(H2,53,69)(H,56,59)(H,60,74)(H,61,77)(H,62,78)(H,63,75)(H,64,76)(H,65,81)(H,66,79)(H,67,80)(H,70,71)(H,72,73)(H,83,84)(H4,54,55,57)/t27-,29-,30-,31-,32-,33-,34-,35-,36-,37-/m0/s1. The van der Waals surface area contributed by atoms with Gasteiger partial charge in [-0.1, -0.05) is 18.2 Å². The number of aliphatic imine (C=N–C) groups is 1. The number of thiol groups is 2. The summed E-state index contributed by atoms with van der Waals surface area (Å²) < 4.78 is 0. The zero-order valence-electron chi connectivity index (χ0n) is 47.0. The number of fused-ring (bicyclic) bond motifs is 1. The van der Waals surface area contributed by atoms with Gasteiger partial charge in [0.25, 0.3) is 0 Å². The number of aromatic nitrogens is 3. The molecule has 0 saturated carbocycles. The Morgan fingerprint density at radius 1 is 0.678 bits per heavy atom. The maximum Gasteiger partial charge on any atom is 0.327 e. The summed E-state index contributed by atoms with van der Waals surface area (Å²) in [7, 11) is 0. The van der Waals surface area contributed by atoms with Crippen LogP contribution in [0.3, 0.4) is 0 Å². The van der Waals surface area contributed by atoms with Crippen molar-refractivity contribution in [2.45, 2.75) is 125 Å². The molecule has 4 rings (SSSR count). The molecular weight excluding hydrogens is 1200 g/mol. The third-order valence-electron chi connectivity index (χ3n) is 13.4. The quantitative estimate of drug-likeness (QED) is 0.0111. The molecule has 0 spiro atoms. The maximum atomic E-state index is 14.9. The summed E-state index contributed by atoms with van der Waals surface area (Å²) in [6.45, 7) is -0.198. The molecule has 2 aromatic heterocycles. The van der Waals surface area contributed by atoms with Crippen molar-refractivity contribution in [3.63, 3.8) is 0 Å². The van der Waals surface area contributed by atoms with Gasteiger partial charge in [0.15, 0.2) is 5.96 Å². The molecule has 1 aromatic carbocycles. The van der Waals surface area contributed by atoms with E-state index in [9.17, 15) is 77.6 Å². The Hall–Kier alpha value is -8.64. The van der Waals surface area contributed by atoms with E-state index in [1.54, 1.807) is 36.7 Å². The van der Waals surface area contributed by atoms with Crippen molar-refractivity contribution < 1.29 is 77.6 Å². The number of nitrogens with one attached hydrogen (secondary N) is 10. The molecule has 10 atom stereocenters. The number of likely N-dealkylation sites (tertiary alicyclic amines) is 1. The number of thioether (sulfide) groups is 1. The number of amides is 10. The fraction of sp³-hybridized carbons (Fsp3) is 0.510. The van der Waals surface area contributed by atoms with Gasteiger partial charge in [-0.3, -0.25) is 62.5 Å². The van der Waals surface area contributed by atoms with Gasteiger partial charge < -0.3 is 95.7 Å². The second-order valence-corrected chi connectivity index (χ2v) is 21.6. The first kappa shape index (κ1) is 70.8. The number of rotatable bonds is 37. The van der Waals surface area contributed by atoms with Crippen molar-refractivity contribution in [3.8, 4) is 0 Å². The normalized spacial score (nSPS) is 15.9. The highest BCUT2D eigenvalue weighted by Crippen LogP contribution is 2.24. The molecule has 1 aliphatic rings. The summed E-state index contributed by atoms with van der Waals surface area (Å²) in [6, 6.07) is -8.87. The average Bonchev–Trinajstić information content (AvgIpc) is 2.73. The molecule has 3 aromatic rings. The summed E-state index contributed by atoms with van der Waals surface area (Å²) in [5, 5.41) is 48.7. The van der Waals surface area contributed by atoms with Crippen molar-refractivity contribution in [3.05, 3.63) is 54.2 Å². The summed E-state index contributed by atoms with van der Waals surface area (Å²) in [5.41, 5.74) is 23.7. The number of nitrogens with two attached hydrogens (primary N) is 4. The Morgan fingerprint density at radius 3 is 1.77 bits per heavy atom. The van der Waals surface area contributed by atoms with Gasteiger partial charge in [0.05, 0.1) is 31.6 Å². The third kappa shape index (κ3) is 22.6. The number of hydrogen-bond donors (Lipinski definition) is 19. The van der Waals surface area contributed by atoms with Crippen molar-refractivity contribution in [1.82, 2.24) is 62.4 Å². The Labute approximate surface area is 512 Å². The van der Waals surface area contributed by atoms with E-state index < -0.39 is 169 Å². The van der Waals surface area contributed by atoms with E-state index in [0.717, 1.165) is 4.90 Å². The number of aromatic amines is 2. The van der Waals surface area contributed by atoms with Gasteiger partial charge in [-0.05, 0) is 55.7 Å². The highest BCUT2D eigenvalue weighted by atomic mass is 32.2. The highest BCUT2D eigenvalue weighted by Gasteiger charge is 2.41. The zero-order valence-corrected chi connectivity index (χ0v) is 49.6. The maximum absolute atomic E-state index is 14.9. The first-order valence-electron chi connectivity index (χ1n) is 27.0. The molecule has 1 saturated heterocycles. The molecule has 87 heavy (non-hydrogen) atoms. The molecule has 1 aliphatic heterocycles. The van der Waals surface area contributed by atoms with E-state index >= 15 is 0 Å². The van der Waals surface area contributed by atoms with E-state index in [1.807, 2.05) is 0 Å². The molecule has 3 heterocycles. The van der Waals surface area contributed by atoms with Gasteiger partial charge in [-0.15, -0.1) is 0 Å².